The standard InChI is InChI=1S/C17H26N2O/c1-17(2,3)14-9-11-19(12-14)16(20)15-7-5-4-6-13(15)8-10-18/h4-7,14H,8-12,18H2,1-3H3. The van der Waals surface area contributed by atoms with Gasteiger partial charge in [0.15, 0.2) is 0 Å². The Labute approximate surface area is 122 Å². The minimum absolute atomic E-state index is 0.167. The highest BCUT2D eigenvalue weighted by Crippen LogP contribution is 2.34. The van der Waals surface area contributed by atoms with Gasteiger partial charge in [0.05, 0.1) is 0 Å². The number of hydrogen-bond acceptors (Lipinski definition) is 2. The summed E-state index contributed by atoms with van der Waals surface area (Å²) in [6, 6.07) is 7.85. The average molecular weight is 274 g/mol. The molecule has 2 N–H and O–H groups in total. The number of rotatable bonds is 3. The van der Waals surface area contributed by atoms with Gasteiger partial charge >= 0.3 is 0 Å². The largest absolute Gasteiger partial charge is 0.338 e. The Hall–Kier alpha value is -1.35. The number of carbonyl (C=O) groups is 1. The molecule has 0 spiro atoms. The van der Waals surface area contributed by atoms with Gasteiger partial charge in [-0.2, -0.15) is 0 Å². The monoisotopic (exact) mass is 274 g/mol. The van der Waals surface area contributed by atoms with Crippen molar-refractivity contribution in [1.29, 1.82) is 0 Å². The number of nitrogens with two attached hydrogens (primary N) is 1. The molecule has 0 aromatic heterocycles. The molecule has 110 valence electrons. The van der Waals surface area contributed by atoms with Crippen molar-refractivity contribution in [2.45, 2.75) is 33.6 Å². The lowest BCUT2D eigenvalue weighted by molar-refractivity contribution is 0.0775. The van der Waals surface area contributed by atoms with Gasteiger partial charge in [0.2, 0.25) is 0 Å². The van der Waals surface area contributed by atoms with E-state index >= 15 is 0 Å². The Morgan fingerprint density at radius 1 is 1.35 bits per heavy atom. The number of benzene rings is 1. The van der Waals surface area contributed by atoms with Gasteiger partial charge in [-0.15, -0.1) is 0 Å². The fourth-order valence-corrected chi connectivity index (χ4v) is 2.92. The molecule has 1 fully saturated rings. The van der Waals surface area contributed by atoms with Crippen molar-refractivity contribution in [3.63, 3.8) is 0 Å². The van der Waals surface area contributed by atoms with Gasteiger partial charge in [-0.1, -0.05) is 39.0 Å². The highest BCUT2D eigenvalue weighted by molar-refractivity contribution is 5.95. The third kappa shape index (κ3) is 3.21. The third-order valence-corrected chi connectivity index (χ3v) is 4.36. The molecule has 1 aromatic rings. The Balaban J connectivity index is 2.13. The molecule has 1 saturated heterocycles. The van der Waals surface area contributed by atoms with E-state index in [-0.39, 0.29) is 11.3 Å². The summed E-state index contributed by atoms with van der Waals surface area (Å²) >= 11 is 0. The topological polar surface area (TPSA) is 46.3 Å². The van der Waals surface area contributed by atoms with Crippen LogP contribution in [0.25, 0.3) is 0 Å². The molecular formula is C17H26N2O. The first-order valence-electron chi connectivity index (χ1n) is 7.50. The minimum atomic E-state index is 0.167. The average Bonchev–Trinajstić information content (AvgIpc) is 2.88. The maximum Gasteiger partial charge on any atom is 0.254 e. The summed E-state index contributed by atoms with van der Waals surface area (Å²) in [5.41, 5.74) is 7.80. The zero-order valence-corrected chi connectivity index (χ0v) is 12.9. The summed E-state index contributed by atoms with van der Waals surface area (Å²) in [6.07, 6.45) is 1.87. The maximum atomic E-state index is 12.7. The molecule has 0 radical (unpaired) electrons. The zero-order chi connectivity index (χ0) is 14.8. The smallest absolute Gasteiger partial charge is 0.254 e. The quantitative estimate of drug-likeness (QED) is 0.921. The normalized spacial score (nSPS) is 19.4. The van der Waals surface area contributed by atoms with Crippen LogP contribution < -0.4 is 5.73 Å². The highest BCUT2D eigenvalue weighted by Gasteiger charge is 2.34. The first-order valence-corrected chi connectivity index (χ1v) is 7.50. The van der Waals surface area contributed by atoms with Crippen LogP contribution in [0.4, 0.5) is 0 Å². The van der Waals surface area contributed by atoms with Gasteiger partial charge in [0.25, 0.3) is 5.91 Å². The van der Waals surface area contributed by atoms with Crippen molar-refractivity contribution in [3.8, 4) is 0 Å². The van der Waals surface area contributed by atoms with Crippen molar-refractivity contribution in [3.05, 3.63) is 35.4 Å². The number of likely N-dealkylation sites (tertiary alicyclic amines) is 1. The third-order valence-electron chi connectivity index (χ3n) is 4.36. The molecule has 0 saturated carbocycles. The molecular weight excluding hydrogens is 248 g/mol. The second kappa shape index (κ2) is 5.96. The summed E-state index contributed by atoms with van der Waals surface area (Å²) in [7, 11) is 0. The highest BCUT2D eigenvalue weighted by atomic mass is 16.2. The van der Waals surface area contributed by atoms with E-state index in [1.54, 1.807) is 0 Å². The number of amides is 1. The van der Waals surface area contributed by atoms with Crippen molar-refractivity contribution in [2.75, 3.05) is 19.6 Å². The molecule has 1 unspecified atom stereocenters. The summed E-state index contributed by atoms with van der Waals surface area (Å²) in [6.45, 7) is 9.10. The van der Waals surface area contributed by atoms with E-state index in [4.69, 9.17) is 5.73 Å². The van der Waals surface area contributed by atoms with Gasteiger partial charge in [-0.05, 0) is 42.3 Å². The van der Waals surface area contributed by atoms with Crippen LogP contribution in [0.15, 0.2) is 24.3 Å². The molecule has 20 heavy (non-hydrogen) atoms. The lowest BCUT2D eigenvalue weighted by Crippen LogP contribution is -2.31. The molecule has 1 amide bonds. The van der Waals surface area contributed by atoms with E-state index < -0.39 is 0 Å². The van der Waals surface area contributed by atoms with Crippen LogP contribution >= 0.6 is 0 Å². The minimum Gasteiger partial charge on any atom is -0.338 e. The predicted molar refractivity (Wildman–Crippen MR) is 82.7 cm³/mol. The van der Waals surface area contributed by atoms with Crippen LogP contribution in [0.3, 0.4) is 0 Å². The number of hydrogen-bond donors (Lipinski definition) is 1. The van der Waals surface area contributed by atoms with Gasteiger partial charge in [-0.3, -0.25) is 4.79 Å². The first-order chi connectivity index (χ1) is 9.43. The van der Waals surface area contributed by atoms with E-state index in [2.05, 4.69) is 20.8 Å². The van der Waals surface area contributed by atoms with Crippen molar-refractivity contribution in [1.82, 2.24) is 4.90 Å². The molecule has 1 aliphatic rings. The molecule has 3 heteroatoms. The fraction of sp³-hybridized carbons (Fsp3) is 0.588. The van der Waals surface area contributed by atoms with Crippen LogP contribution in [-0.4, -0.2) is 30.4 Å². The Morgan fingerprint density at radius 2 is 2.05 bits per heavy atom. The zero-order valence-electron chi connectivity index (χ0n) is 12.9. The summed E-state index contributed by atoms with van der Waals surface area (Å²) in [5.74, 6) is 0.758. The number of nitrogens with zero attached hydrogens (tertiary/aromatic N) is 1. The van der Waals surface area contributed by atoms with Gasteiger partial charge < -0.3 is 10.6 Å². The van der Waals surface area contributed by atoms with Crippen molar-refractivity contribution in [2.24, 2.45) is 17.1 Å². The SMILES string of the molecule is CC(C)(C)C1CCN(C(=O)c2ccccc2CCN)C1. The summed E-state index contributed by atoms with van der Waals surface area (Å²) in [4.78, 5) is 14.7. The molecule has 1 aromatic carbocycles. The van der Waals surface area contributed by atoms with E-state index in [9.17, 15) is 4.79 Å². The van der Waals surface area contributed by atoms with Crippen LogP contribution in [0.2, 0.25) is 0 Å². The molecule has 1 atom stereocenters. The van der Waals surface area contributed by atoms with E-state index in [1.165, 1.54) is 0 Å². The maximum absolute atomic E-state index is 12.7. The second-order valence-corrected chi connectivity index (χ2v) is 6.80. The molecule has 3 nitrogen and oxygen atoms in total. The summed E-state index contributed by atoms with van der Waals surface area (Å²) < 4.78 is 0. The summed E-state index contributed by atoms with van der Waals surface area (Å²) in [5, 5.41) is 0. The molecule has 0 bridgehead atoms. The Kier molecular flexibility index (Phi) is 4.48. The van der Waals surface area contributed by atoms with E-state index in [0.717, 1.165) is 37.1 Å². The Bertz CT molecular complexity index is 476. The second-order valence-electron chi connectivity index (χ2n) is 6.80. The van der Waals surface area contributed by atoms with Crippen molar-refractivity contribution < 1.29 is 4.79 Å². The molecule has 1 aliphatic heterocycles. The lowest BCUT2D eigenvalue weighted by atomic mass is 9.80. The van der Waals surface area contributed by atoms with Crippen LogP contribution in [0, 0.1) is 11.3 Å². The van der Waals surface area contributed by atoms with Crippen LogP contribution in [0.5, 0.6) is 0 Å². The van der Waals surface area contributed by atoms with Crippen LogP contribution in [-0.2, 0) is 6.42 Å². The first kappa shape index (κ1) is 15.0. The molecule has 0 aliphatic carbocycles. The van der Waals surface area contributed by atoms with E-state index in [1.807, 2.05) is 29.2 Å². The Morgan fingerprint density at radius 3 is 2.65 bits per heavy atom. The molecule has 1 heterocycles. The van der Waals surface area contributed by atoms with Crippen molar-refractivity contribution >= 4 is 5.91 Å². The van der Waals surface area contributed by atoms with E-state index in [0.29, 0.717) is 12.5 Å². The van der Waals surface area contributed by atoms with Crippen LogP contribution in [0.1, 0.15) is 43.1 Å². The lowest BCUT2D eigenvalue weighted by Gasteiger charge is -2.27. The number of carbonyl (C=O) groups excluding carboxylic acids is 1. The van der Waals surface area contributed by atoms with Gasteiger partial charge in [0, 0.05) is 18.7 Å². The fourth-order valence-electron chi connectivity index (χ4n) is 2.92. The van der Waals surface area contributed by atoms with Gasteiger partial charge in [-0.25, -0.2) is 0 Å². The molecule has 2 rings (SSSR count). The predicted octanol–water partition coefficient (Wildman–Crippen LogP) is 2.70. The van der Waals surface area contributed by atoms with Gasteiger partial charge in [0.1, 0.15) is 0 Å².